The molecule has 1 fully saturated rings. The van der Waals surface area contributed by atoms with Crippen molar-refractivity contribution in [2.75, 3.05) is 25.5 Å². The van der Waals surface area contributed by atoms with E-state index in [9.17, 15) is 14.7 Å². The van der Waals surface area contributed by atoms with E-state index in [4.69, 9.17) is 0 Å². The van der Waals surface area contributed by atoms with Crippen LogP contribution in [0.25, 0.3) is 5.76 Å². The largest absolute Gasteiger partial charge is 0.507 e. The highest BCUT2D eigenvalue weighted by atomic mass is 16.3. The van der Waals surface area contributed by atoms with E-state index in [-0.39, 0.29) is 17.9 Å². The average Bonchev–Trinajstić information content (AvgIpc) is 2.93. The molecule has 5 nitrogen and oxygen atoms in total. The number of amides is 1. The first-order valence-electron chi connectivity index (χ1n) is 8.67. The number of nitrogens with zero attached hydrogens (tertiary/aromatic N) is 2. The van der Waals surface area contributed by atoms with Gasteiger partial charge >= 0.3 is 0 Å². The molecule has 1 aliphatic heterocycles. The van der Waals surface area contributed by atoms with E-state index in [1.165, 1.54) is 4.90 Å². The summed E-state index contributed by atoms with van der Waals surface area (Å²) in [7, 11) is 3.88. The molecule has 0 aromatic heterocycles. The number of benzene rings is 2. The van der Waals surface area contributed by atoms with Crippen LogP contribution in [0.1, 0.15) is 17.2 Å². The fourth-order valence-corrected chi connectivity index (χ4v) is 3.26. The van der Waals surface area contributed by atoms with Gasteiger partial charge in [0.15, 0.2) is 0 Å². The van der Waals surface area contributed by atoms with E-state index >= 15 is 0 Å². The summed E-state index contributed by atoms with van der Waals surface area (Å²) in [5.41, 5.74) is 2.37. The number of rotatable bonds is 5. The maximum Gasteiger partial charge on any atom is 0.295 e. The van der Waals surface area contributed by atoms with E-state index < -0.39 is 17.7 Å². The van der Waals surface area contributed by atoms with Crippen molar-refractivity contribution in [2.45, 2.75) is 6.04 Å². The number of Topliss-reactive ketones (excluding diaryl/α,β-unsaturated/α-hetero) is 1. The van der Waals surface area contributed by atoms with Gasteiger partial charge in [0.2, 0.25) is 0 Å². The summed E-state index contributed by atoms with van der Waals surface area (Å²) in [5, 5.41) is 10.8. The zero-order chi connectivity index (χ0) is 19.6. The predicted molar refractivity (Wildman–Crippen MR) is 106 cm³/mol. The number of likely N-dealkylation sites (tertiary alicyclic amines) is 1. The SMILES string of the molecule is C=CCN1C(=O)C(=O)C(=C(O)c2ccccc2)C1c1ccc(N(C)C)cc1. The first-order valence-corrected chi connectivity index (χ1v) is 8.67. The van der Waals surface area contributed by atoms with Crippen molar-refractivity contribution in [3.8, 4) is 0 Å². The Kier molecular flexibility index (Phi) is 5.12. The van der Waals surface area contributed by atoms with Gasteiger partial charge < -0.3 is 14.9 Å². The van der Waals surface area contributed by atoms with Gasteiger partial charge in [0, 0.05) is 31.9 Å². The lowest BCUT2D eigenvalue weighted by Gasteiger charge is -2.24. The molecule has 1 N–H and O–H groups in total. The summed E-state index contributed by atoms with van der Waals surface area (Å²) >= 11 is 0. The maximum atomic E-state index is 12.7. The van der Waals surface area contributed by atoms with Gasteiger partial charge in [-0.25, -0.2) is 0 Å². The quantitative estimate of drug-likeness (QED) is 0.383. The van der Waals surface area contributed by atoms with Crippen molar-refractivity contribution >= 4 is 23.1 Å². The number of aliphatic hydroxyl groups is 1. The van der Waals surface area contributed by atoms with Crippen LogP contribution in [0, 0.1) is 0 Å². The summed E-state index contributed by atoms with van der Waals surface area (Å²) in [6, 6.07) is 15.7. The lowest BCUT2D eigenvalue weighted by Crippen LogP contribution is -2.29. The molecule has 2 aromatic rings. The topological polar surface area (TPSA) is 60.9 Å². The Labute approximate surface area is 158 Å². The van der Waals surface area contributed by atoms with Gasteiger partial charge in [-0.1, -0.05) is 48.5 Å². The predicted octanol–water partition coefficient (Wildman–Crippen LogP) is 3.36. The number of carbonyl (C=O) groups excluding carboxylic acids is 2. The minimum Gasteiger partial charge on any atom is -0.507 e. The lowest BCUT2D eigenvalue weighted by molar-refractivity contribution is -0.139. The van der Waals surface area contributed by atoms with Crippen LogP contribution >= 0.6 is 0 Å². The molecule has 0 aliphatic carbocycles. The Morgan fingerprint density at radius 2 is 1.74 bits per heavy atom. The number of anilines is 1. The number of hydrogen-bond donors (Lipinski definition) is 1. The second kappa shape index (κ2) is 7.50. The summed E-state index contributed by atoms with van der Waals surface area (Å²) in [4.78, 5) is 28.7. The van der Waals surface area contributed by atoms with Gasteiger partial charge in [0.1, 0.15) is 5.76 Å². The van der Waals surface area contributed by atoms with Crippen molar-refractivity contribution in [2.24, 2.45) is 0 Å². The van der Waals surface area contributed by atoms with E-state index in [1.807, 2.05) is 49.3 Å². The van der Waals surface area contributed by atoms with Crippen molar-refractivity contribution in [3.05, 3.63) is 84.0 Å². The van der Waals surface area contributed by atoms with Gasteiger partial charge in [-0.05, 0) is 17.7 Å². The molecule has 1 unspecified atom stereocenters. The molecule has 1 atom stereocenters. The lowest BCUT2D eigenvalue weighted by atomic mass is 9.95. The fourth-order valence-electron chi connectivity index (χ4n) is 3.26. The van der Waals surface area contributed by atoms with E-state index in [0.717, 1.165) is 11.3 Å². The first kappa shape index (κ1) is 18.5. The van der Waals surface area contributed by atoms with Gasteiger partial charge in [-0.3, -0.25) is 9.59 Å². The molecule has 27 heavy (non-hydrogen) atoms. The summed E-state index contributed by atoms with van der Waals surface area (Å²) in [6.07, 6.45) is 1.58. The molecule has 5 heteroatoms. The molecule has 3 rings (SSSR count). The molecule has 0 bridgehead atoms. The molecule has 1 amide bonds. The van der Waals surface area contributed by atoms with Crippen LogP contribution in [-0.2, 0) is 9.59 Å². The highest BCUT2D eigenvalue weighted by Crippen LogP contribution is 2.39. The Bertz CT molecular complexity index is 899. The maximum absolute atomic E-state index is 12.7. The standard InChI is InChI=1S/C22H22N2O3/c1-4-14-24-19(15-10-12-17(13-11-15)23(2)3)18(21(26)22(24)27)20(25)16-8-6-5-7-9-16/h4-13,19,25H,1,14H2,2-3H3. The zero-order valence-corrected chi connectivity index (χ0v) is 15.4. The van der Waals surface area contributed by atoms with Crippen molar-refractivity contribution in [3.63, 3.8) is 0 Å². The average molecular weight is 362 g/mol. The van der Waals surface area contributed by atoms with Gasteiger partial charge in [0.05, 0.1) is 11.6 Å². The number of carbonyl (C=O) groups is 2. The molecule has 1 aliphatic rings. The Morgan fingerprint density at radius 1 is 1.11 bits per heavy atom. The third-order valence-electron chi connectivity index (χ3n) is 4.64. The van der Waals surface area contributed by atoms with Gasteiger partial charge in [-0.2, -0.15) is 0 Å². The van der Waals surface area contributed by atoms with Crippen molar-refractivity contribution < 1.29 is 14.7 Å². The highest BCUT2D eigenvalue weighted by Gasteiger charge is 2.45. The first-order chi connectivity index (χ1) is 13.0. The molecule has 1 saturated heterocycles. The molecular weight excluding hydrogens is 340 g/mol. The molecule has 0 spiro atoms. The third-order valence-corrected chi connectivity index (χ3v) is 4.64. The molecule has 2 aromatic carbocycles. The highest BCUT2D eigenvalue weighted by molar-refractivity contribution is 6.46. The van der Waals surface area contributed by atoms with Crippen LogP contribution in [0.5, 0.6) is 0 Å². The Morgan fingerprint density at radius 3 is 2.30 bits per heavy atom. The van der Waals surface area contributed by atoms with E-state index in [0.29, 0.717) is 5.56 Å². The number of hydrogen-bond acceptors (Lipinski definition) is 4. The summed E-state index contributed by atoms with van der Waals surface area (Å²) in [6.45, 7) is 3.91. The zero-order valence-electron chi connectivity index (χ0n) is 15.4. The molecular formula is C22H22N2O3. The Hall–Kier alpha value is -3.34. The third kappa shape index (κ3) is 3.36. The molecule has 1 heterocycles. The molecule has 0 radical (unpaired) electrons. The smallest absolute Gasteiger partial charge is 0.295 e. The number of ketones is 1. The van der Waals surface area contributed by atoms with Crippen LogP contribution in [-0.4, -0.2) is 42.3 Å². The monoisotopic (exact) mass is 362 g/mol. The minimum atomic E-state index is -0.681. The second-order valence-electron chi connectivity index (χ2n) is 6.59. The van der Waals surface area contributed by atoms with Crippen molar-refractivity contribution in [1.82, 2.24) is 4.90 Å². The molecule has 138 valence electrons. The van der Waals surface area contributed by atoms with E-state index in [1.54, 1.807) is 30.3 Å². The van der Waals surface area contributed by atoms with Crippen LogP contribution in [0.2, 0.25) is 0 Å². The fraction of sp³-hybridized carbons (Fsp3) is 0.182. The normalized spacial score (nSPS) is 18.6. The second-order valence-corrected chi connectivity index (χ2v) is 6.59. The van der Waals surface area contributed by atoms with Crippen LogP contribution < -0.4 is 4.90 Å². The Balaban J connectivity index is 2.16. The van der Waals surface area contributed by atoms with Crippen LogP contribution in [0.4, 0.5) is 5.69 Å². The van der Waals surface area contributed by atoms with Crippen LogP contribution in [0.3, 0.4) is 0 Å². The summed E-state index contributed by atoms with van der Waals surface area (Å²) < 4.78 is 0. The van der Waals surface area contributed by atoms with E-state index in [2.05, 4.69) is 6.58 Å². The molecule has 0 saturated carbocycles. The van der Waals surface area contributed by atoms with Gasteiger partial charge in [0.25, 0.3) is 11.7 Å². The van der Waals surface area contributed by atoms with Gasteiger partial charge in [-0.15, -0.1) is 6.58 Å². The summed E-state index contributed by atoms with van der Waals surface area (Å²) in [5.74, 6) is -1.48. The number of aliphatic hydroxyl groups excluding tert-OH is 1. The minimum absolute atomic E-state index is 0.102. The van der Waals surface area contributed by atoms with Crippen LogP contribution in [0.15, 0.2) is 72.8 Å². The van der Waals surface area contributed by atoms with Crippen molar-refractivity contribution in [1.29, 1.82) is 0 Å².